The quantitative estimate of drug-likeness (QED) is 0.400. The van der Waals surface area contributed by atoms with Crippen molar-refractivity contribution in [2.24, 2.45) is 0 Å². The van der Waals surface area contributed by atoms with E-state index < -0.39 is 0 Å². The van der Waals surface area contributed by atoms with E-state index in [1.807, 2.05) is 0 Å². The highest BCUT2D eigenvalue weighted by atomic mass is 14.0. The molecule has 151 valence electrons. The number of hydrogen-bond acceptors (Lipinski definition) is 0. The zero-order valence-corrected chi connectivity index (χ0v) is 17.7. The van der Waals surface area contributed by atoms with E-state index in [1.54, 1.807) is 0 Å². The summed E-state index contributed by atoms with van der Waals surface area (Å²) in [6.45, 7) is 0. The number of allylic oxidation sites excluding steroid dienone is 10. The summed E-state index contributed by atoms with van der Waals surface area (Å²) in [5.74, 6) is 0. The zero-order valence-electron chi connectivity index (χ0n) is 17.7. The van der Waals surface area contributed by atoms with Gasteiger partial charge in [-0.3, -0.25) is 0 Å². The standard InChI is InChI=1S/C27H43/c1-2-4-6-8-10-12-14-16-18-20-22-24-26-27-25-23-21-19-17-15-13-11-9-7-5-3-1/h1-9H,10,12-27H2/b3-1-,4-2-,7-5-,8-6-,11-9?. The first kappa shape index (κ1) is 23.7. The summed E-state index contributed by atoms with van der Waals surface area (Å²) in [4.78, 5) is 0. The topological polar surface area (TPSA) is 0 Å². The van der Waals surface area contributed by atoms with Crippen LogP contribution in [0.1, 0.15) is 109 Å². The van der Waals surface area contributed by atoms with Crippen molar-refractivity contribution in [3.05, 3.63) is 60.8 Å². The van der Waals surface area contributed by atoms with Gasteiger partial charge in [-0.2, -0.15) is 0 Å². The maximum Gasteiger partial charge on any atom is -0.0276 e. The fourth-order valence-electron chi connectivity index (χ4n) is 3.49. The molecule has 0 N–H and O–H groups in total. The Balaban J connectivity index is 2.22. The van der Waals surface area contributed by atoms with Gasteiger partial charge in [-0.05, 0) is 31.8 Å². The van der Waals surface area contributed by atoms with E-state index in [0.29, 0.717) is 0 Å². The summed E-state index contributed by atoms with van der Waals surface area (Å²) in [5.41, 5.74) is 0. The lowest BCUT2D eigenvalue weighted by Crippen LogP contribution is -1.83. The largest absolute Gasteiger partial charge is 0.0845 e. The Morgan fingerprint density at radius 2 is 0.778 bits per heavy atom. The average Bonchev–Trinajstić information content (AvgIpc) is 2.68. The fourth-order valence-corrected chi connectivity index (χ4v) is 3.49. The molecular weight excluding hydrogens is 324 g/mol. The van der Waals surface area contributed by atoms with E-state index in [0.717, 1.165) is 6.42 Å². The SMILES string of the molecule is [C]1=C/C=C\C=C/C=C\C=C/CCCCCCCCCCCCCCCCC\1. The van der Waals surface area contributed by atoms with Gasteiger partial charge < -0.3 is 0 Å². The van der Waals surface area contributed by atoms with Crippen LogP contribution in [0.3, 0.4) is 0 Å². The monoisotopic (exact) mass is 367 g/mol. The summed E-state index contributed by atoms with van der Waals surface area (Å²) < 4.78 is 0. The molecule has 0 aromatic carbocycles. The van der Waals surface area contributed by atoms with Gasteiger partial charge in [0.25, 0.3) is 0 Å². The molecule has 0 saturated heterocycles. The predicted molar refractivity (Wildman–Crippen MR) is 123 cm³/mol. The van der Waals surface area contributed by atoms with Crippen LogP contribution in [0.25, 0.3) is 0 Å². The minimum absolute atomic E-state index is 1.10. The molecular formula is C27H43. The van der Waals surface area contributed by atoms with E-state index in [1.165, 1.54) is 103 Å². The third-order valence-corrected chi connectivity index (χ3v) is 5.21. The van der Waals surface area contributed by atoms with Crippen LogP contribution in [0.4, 0.5) is 0 Å². The van der Waals surface area contributed by atoms with Crippen LogP contribution in [0.15, 0.2) is 54.7 Å². The highest BCUT2D eigenvalue weighted by Gasteiger charge is 1.94. The maximum atomic E-state index is 3.38. The van der Waals surface area contributed by atoms with Gasteiger partial charge in [0.05, 0.1) is 0 Å². The summed E-state index contributed by atoms with van der Waals surface area (Å²) >= 11 is 0. The Bertz CT molecular complexity index is 393. The van der Waals surface area contributed by atoms with E-state index in [-0.39, 0.29) is 0 Å². The Morgan fingerprint density at radius 1 is 0.370 bits per heavy atom. The van der Waals surface area contributed by atoms with Crippen molar-refractivity contribution in [1.82, 2.24) is 0 Å². The molecule has 0 bridgehead atoms. The Kier molecular flexibility index (Phi) is 18.5. The van der Waals surface area contributed by atoms with Gasteiger partial charge in [0.2, 0.25) is 0 Å². The molecule has 0 fully saturated rings. The molecule has 1 rings (SSSR count). The lowest BCUT2D eigenvalue weighted by molar-refractivity contribution is 0.531. The van der Waals surface area contributed by atoms with Gasteiger partial charge in [0, 0.05) is 0 Å². The Hall–Kier alpha value is -1.30. The first-order valence-corrected chi connectivity index (χ1v) is 11.7. The van der Waals surface area contributed by atoms with Crippen LogP contribution in [0.2, 0.25) is 0 Å². The molecule has 0 nitrogen and oxygen atoms in total. The zero-order chi connectivity index (χ0) is 19.1. The van der Waals surface area contributed by atoms with Crippen LogP contribution in [0, 0.1) is 6.08 Å². The van der Waals surface area contributed by atoms with Gasteiger partial charge in [-0.25, -0.2) is 0 Å². The van der Waals surface area contributed by atoms with Crippen molar-refractivity contribution < 1.29 is 0 Å². The molecule has 0 heteroatoms. The molecule has 1 aliphatic carbocycles. The normalized spacial score (nSPS) is 27.0. The lowest BCUT2D eigenvalue weighted by Gasteiger charge is -2.03. The molecule has 0 atom stereocenters. The van der Waals surface area contributed by atoms with Crippen LogP contribution < -0.4 is 0 Å². The van der Waals surface area contributed by atoms with E-state index in [9.17, 15) is 0 Å². The smallest absolute Gasteiger partial charge is 0.0276 e. The highest BCUT2D eigenvalue weighted by molar-refractivity contribution is 5.17. The molecule has 0 unspecified atom stereocenters. The third kappa shape index (κ3) is 19.3. The predicted octanol–water partition coefficient (Wildman–Crippen LogP) is 9.22. The number of rotatable bonds is 0. The highest BCUT2D eigenvalue weighted by Crippen LogP contribution is 2.14. The minimum atomic E-state index is 1.10. The first-order chi connectivity index (χ1) is 13.5. The third-order valence-electron chi connectivity index (χ3n) is 5.21. The van der Waals surface area contributed by atoms with Crippen LogP contribution in [-0.2, 0) is 0 Å². The summed E-state index contributed by atoms with van der Waals surface area (Å²) in [6.07, 6.45) is 46.0. The second-order valence-electron chi connectivity index (χ2n) is 7.80. The second-order valence-corrected chi connectivity index (χ2v) is 7.80. The molecule has 1 radical (unpaired) electrons. The fraction of sp³-hybridized carbons (Fsp3) is 0.630. The summed E-state index contributed by atoms with van der Waals surface area (Å²) in [5, 5.41) is 0. The van der Waals surface area contributed by atoms with E-state index in [2.05, 4.69) is 60.8 Å². The Morgan fingerprint density at radius 3 is 1.33 bits per heavy atom. The van der Waals surface area contributed by atoms with E-state index >= 15 is 0 Å². The average molecular weight is 368 g/mol. The second kappa shape index (κ2) is 21.0. The number of hydrogen-bond donors (Lipinski definition) is 0. The Labute approximate surface area is 170 Å². The summed E-state index contributed by atoms with van der Waals surface area (Å²) in [7, 11) is 0. The lowest BCUT2D eigenvalue weighted by atomic mass is 10.0. The molecule has 27 heavy (non-hydrogen) atoms. The van der Waals surface area contributed by atoms with Gasteiger partial charge in [-0.1, -0.05) is 138 Å². The van der Waals surface area contributed by atoms with Gasteiger partial charge in [0.1, 0.15) is 0 Å². The minimum Gasteiger partial charge on any atom is -0.0845 e. The van der Waals surface area contributed by atoms with Crippen LogP contribution in [-0.4, -0.2) is 0 Å². The molecule has 0 heterocycles. The maximum absolute atomic E-state index is 3.38. The molecule has 0 spiro atoms. The first-order valence-electron chi connectivity index (χ1n) is 11.7. The van der Waals surface area contributed by atoms with Crippen molar-refractivity contribution in [3.63, 3.8) is 0 Å². The summed E-state index contributed by atoms with van der Waals surface area (Å²) in [6, 6.07) is 0. The molecule has 0 aliphatic heterocycles. The molecule has 0 saturated carbocycles. The van der Waals surface area contributed by atoms with Crippen molar-refractivity contribution in [2.75, 3.05) is 0 Å². The van der Waals surface area contributed by atoms with Gasteiger partial charge in [0.15, 0.2) is 0 Å². The van der Waals surface area contributed by atoms with Crippen LogP contribution >= 0.6 is 0 Å². The molecule has 0 aromatic heterocycles. The van der Waals surface area contributed by atoms with Crippen LogP contribution in [0.5, 0.6) is 0 Å². The molecule has 1 aliphatic rings. The molecule has 0 amide bonds. The van der Waals surface area contributed by atoms with Crippen molar-refractivity contribution in [2.45, 2.75) is 109 Å². The van der Waals surface area contributed by atoms with Crippen molar-refractivity contribution in [1.29, 1.82) is 0 Å². The van der Waals surface area contributed by atoms with Crippen molar-refractivity contribution >= 4 is 0 Å². The van der Waals surface area contributed by atoms with Gasteiger partial charge in [-0.15, -0.1) is 0 Å². The van der Waals surface area contributed by atoms with Crippen molar-refractivity contribution in [3.8, 4) is 0 Å². The van der Waals surface area contributed by atoms with Gasteiger partial charge >= 0.3 is 0 Å². The van der Waals surface area contributed by atoms with E-state index in [4.69, 9.17) is 0 Å². The molecule has 0 aromatic rings.